The Kier molecular flexibility index (Phi) is 5.58. The van der Waals surface area contributed by atoms with Gasteiger partial charge in [-0.15, -0.1) is 0 Å². The maximum atomic E-state index is 11.4. The van der Waals surface area contributed by atoms with E-state index in [1.807, 2.05) is 0 Å². The molecule has 6 atom stereocenters. The molecule has 0 radical (unpaired) electrons. The molecule has 0 aromatic rings. The summed E-state index contributed by atoms with van der Waals surface area (Å²) >= 11 is 4.91. The van der Waals surface area contributed by atoms with Gasteiger partial charge in [-0.25, -0.2) is 0 Å². The van der Waals surface area contributed by atoms with Crippen molar-refractivity contribution in [1.82, 2.24) is 5.43 Å². The number of hydrogen-bond acceptors (Lipinski definition) is 4. The van der Waals surface area contributed by atoms with Crippen molar-refractivity contribution in [3.8, 4) is 0 Å². The van der Waals surface area contributed by atoms with E-state index < -0.39 is 0 Å². The van der Waals surface area contributed by atoms with Crippen molar-refractivity contribution in [3.05, 3.63) is 23.3 Å². The van der Waals surface area contributed by atoms with E-state index in [0.717, 1.165) is 37.8 Å². The minimum absolute atomic E-state index is 0.0620. The highest BCUT2D eigenvalue weighted by molar-refractivity contribution is 7.80. The van der Waals surface area contributed by atoms with Gasteiger partial charge in [0.2, 0.25) is 0 Å². The van der Waals surface area contributed by atoms with E-state index in [1.54, 1.807) is 0 Å². The van der Waals surface area contributed by atoms with E-state index in [4.69, 9.17) is 22.7 Å². The number of esters is 1. The normalized spacial score (nSPS) is 40.3. The van der Waals surface area contributed by atoms with Crippen LogP contribution in [0.1, 0.15) is 72.6 Å². The number of allylic oxidation sites excluding steroid dienone is 3. The van der Waals surface area contributed by atoms with Gasteiger partial charge in [0.1, 0.15) is 6.10 Å². The molecular weight excluding hydrogens is 394 g/mol. The van der Waals surface area contributed by atoms with E-state index in [1.165, 1.54) is 30.9 Å². The number of thiocarbonyl (C=S) groups is 1. The van der Waals surface area contributed by atoms with Crippen LogP contribution in [0.5, 0.6) is 0 Å². The molecule has 0 aromatic carbocycles. The van der Waals surface area contributed by atoms with E-state index in [2.05, 4.69) is 43.5 Å². The number of hydrazone groups is 1. The summed E-state index contributed by atoms with van der Waals surface area (Å²) < 4.78 is 5.56. The molecule has 2 fully saturated rings. The Morgan fingerprint density at radius 1 is 1.17 bits per heavy atom. The SMILES string of the molecule is CC(=O)O[C@H]1CC[C@@]2(C)C(=CC[C@@H]3[C@@H]2CC[C@]2(C)C(/C(C)=N/NC(N)=S)=CC[C@@H]32)C1. The molecule has 0 aromatic heterocycles. The number of nitrogens with zero attached hydrogens (tertiary/aromatic N) is 1. The highest BCUT2D eigenvalue weighted by atomic mass is 32.1. The number of ether oxygens (including phenoxy) is 1. The first-order chi connectivity index (χ1) is 14.1. The Balaban J connectivity index is 1.55. The number of carbonyl (C=O) groups is 1. The largest absolute Gasteiger partial charge is 0.462 e. The van der Waals surface area contributed by atoms with Gasteiger partial charge in [-0.1, -0.05) is 31.6 Å². The molecule has 0 bridgehead atoms. The fraction of sp³-hybridized carbons (Fsp3) is 0.708. The minimum atomic E-state index is -0.155. The molecule has 6 heteroatoms. The van der Waals surface area contributed by atoms with Gasteiger partial charge in [0, 0.05) is 13.3 Å². The summed E-state index contributed by atoms with van der Waals surface area (Å²) in [6.45, 7) is 8.50. The van der Waals surface area contributed by atoms with Crippen LogP contribution >= 0.6 is 12.2 Å². The summed E-state index contributed by atoms with van der Waals surface area (Å²) in [5, 5.41) is 4.64. The second-order valence-corrected chi connectivity index (χ2v) is 10.7. The molecule has 0 unspecified atom stereocenters. The Morgan fingerprint density at radius 2 is 1.90 bits per heavy atom. The topological polar surface area (TPSA) is 76.7 Å². The zero-order valence-corrected chi connectivity index (χ0v) is 19.5. The molecule has 164 valence electrons. The molecule has 4 aliphatic carbocycles. The van der Waals surface area contributed by atoms with Gasteiger partial charge >= 0.3 is 5.97 Å². The maximum Gasteiger partial charge on any atom is 0.302 e. The quantitative estimate of drug-likeness (QED) is 0.225. The third-order valence-electron chi connectivity index (χ3n) is 8.70. The summed E-state index contributed by atoms with van der Waals surface area (Å²) in [5.74, 6) is 1.92. The van der Waals surface area contributed by atoms with E-state index in [0.29, 0.717) is 17.8 Å². The van der Waals surface area contributed by atoms with Crippen LogP contribution in [0.15, 0.2) is 28.4 Å². The van der Waals surface area contributed by atoms with E-state index in [-0.39, 0.29) is 28.0 Å². The number of nitrogens with one attached hydrogen (secondary N) is 1. The predicted molar refractivity (Wildman–Crippen MR) is 124 cm³/mol. The molecule has 0 saturated heterocycles. The summed E-state index contributed by atoms with van der Waals surface area (Å²) in [6, 6.07) is 0. The number of rotatable bonds is 3. The Hall–Kier alpha value is -1.69. The maximum absolute atomic E-state index is 11.4. The lowest BCUT2D eigenvalue weighted by Gasteiger charge is -2.57. The Bertz CT molecular complexity index is 847. The third kappa shape index (κ3) is 3.51. The van der Waals surface area contributed by atoms with Gasteiger partial charge in [-0.2, -0.15) is 5.10 Å². The molecule has 4 rings (SSSR count). The molecule has 5 nitrogen and oxygen atoms in total. The summed E-state index contributed by atoms with van der Waals surface area (Å²) in [4.78, 5) is 11.4. The van der Waals surface area contributed by atoms with Crippen LogP contribution in [-0.4, -0.2) is 22.9 Å². The number of nitrogens with two attached hydrogens (primary N) is 1. The van der Waals surface area contributed by atoms with Crippen molar-refractivity contribution in [2.24, 2.45) is 39.4 Å². The van der Waals surface area contributed by atoms with Crippen molar-refractivity contribution in [2.45, 2.75) is 78.7 Å². The van der Waals surface area contributed by atoms with Gasteiger partial charge in [-0.3, -0.25) is 10.2 Å². The Morgan fingerprint density at radius 3 is 2.60 bits per heavy atom. The van der Waals surface area contributed by atoms with Gasteiger partial charge in [0.25, 0.3) is 0 Å². The number of fused-ring (bicyclic) bond motifs is 5. The van der Waals surface area contributed by atoms with Gasteiger partial charge in [0.15, 0.2) is 5.11 Å². The first-order valence-corrected chi connectivity index (χ1v) is 11.7. The van der Waals surface area contributed by atoms with E-state index >= 15 is 0 Å². The molecule has 0 spiro atoms. The molecule has 2 saturated carbocycles. The van der Waals surface area contributed by atoms with Crippen LogP contribution in [0.4, 0.5) is 0 Å². The second kappa shape index (κ2) is 7.77. The molecule has 3 N–H and O–H groups in total. The van der Waals surface area contributed by atoms with Crippen LogP contribution in [0, 0.1) is 28.6 Å². The van der Waals surface area contributed by atoms with Crippen molar-refractivity contribution in [1.29, 1.82) is 0 Å². The van der Waals surface area contributed by atoms with Crippen molar-refractivity contribution >= 4 is 29.0 Å². The molecule has 4 aliphatic rings. The smallest absolute Gasteiger partial charge is 0.302 e. The summed E-state index contributed by atoms with van der Waals surface area (Å²) in [7, 11) is 0. The van der Waals surface area contributed by atoms with Crippen molar-refractivity contribution < 1.29 is 9.53 Å². The fourth-order valence-corrected chi connectivity index (χ4v) is 7.34. The van der Waals surface area contributed by atoms with Crippen molar-refractivity contribution in [3.63, 3.8) is 0 Å². The molecule has 0 amide bonds. The van der Waals surface area contributed by atoms with Crippen LogP contribution in [0.3, 0.4) is 0 Å². The highest BCUT2D eigenvalue weighted by Gasteiger charge is 2.57. The standard InChI is InChI=1S/C24H35N3O2S/c1-14(26-27-22(25)30)19-7-8-20-18-6-5-16-13-17(29-15(2)28)9-11-23(16,3)21(18)10-12-24(19,20)4/h5,7,17-18,20-21H,6,8-13H2,1-4H3,(H3,25,27,30)/b26-14+/t17-,18-,20-,21-,23-,24+/m0/s1. The average Bonchev–Trinajstić information content (AvgIpc) is 3.03. The first-order valence-electron chi connectivity index (χ1n) is 11.3. The zero-order valence-electron chi connectivity index (χ0n) is 18.7. The predicted octanol–water partition coefficient (Wildman–Crippen LogP) is 4.63. The minimum Gasteiger partial charge on any atom is -0.462 e. The molecule has 0 heterocycles. The molecule has 30 heavy (non-hydrogen) atoms. The van der Waals surface area contributed by atoms with Crippen LogP contribution in [-0.2, 0) is 9.53 Å². The number of carbonyl (C=O) groups excluding carboxylic acids is 1. The lowest BCUT2D eigenvalue weighted by molar-refractivity contribution is -0.148. The average molecular weight is 430 g/mol. The molecule has 0 aliphatic heterocycles. The lowest BCUT2D eigenvalue weighted by atomic mass is 9.47. The summed E-state index contributed by atoms with van der Waals surface area (Å²) in [5.41, 5.74) is 12.7. The first kappa shape index (κ1) is 21.5. The van der Waals surface area contributed by atoms with Gasteiger partial charge in [-0.05, 0) is 91.8 Å². The molecular formula is C24H35N3O2S. The fourth-order valence-electron chi connectivity index (χ4n) is 7.29. The van der Waals surface area contributed by atoms with Crippen molar-refractivity contribution in [2.75, 3.05) is 0 Å². The Labute approximate surface area is 185 Å². The monoisotopic (exact) mass is 429 g/mol. The van der Waals surface area contributed by atoms with Gasteiger partial charge in [0.05, 0.1) is 5.71 Å². The second-order valence-electron chi connectivity index (χ2n) is 10.2. The van der Waals surface area contributed by atoms with Crippen LogP contribution in [0.25, 0.3) is 0 Å². The lowest BCUT2D eigenvalue weighted by Crippen LogP contribution is -2.50. The van der Waals surface area contributed by atoms with Gasteiger partial charge < -0.3 is 10.5 Å². The highest BCUT2D eigenvalue weighted by Crippen LogP contribution is 2.65. The third-order valence-corrected chi connectivity index (χ3v) is 8.79. The number of hydrogen-bond donors (Lipinski definition) is 2. The van der Waals surface area contributed by atoms with Crippen LogP contribution < -0.4 is 11.2 Å². The summed E-state index contributed by atoms with van der Waals surface area (Å²) in [6.07, 6.45) is 12.7. The zero-order chi connectivity index (χ0) is 21.7. The van der Waals surface area contributed by atoms with Crippen LogP contribution in [0.2, 0.25) is 0 Å². The van der Waals surface area contributed by atoms with E-state index in [9.17, 15) is 4.79 Å².